The van der Waals surface area contributed by atoms with Crippen molar-refractivity contribution in [3.8, 4) is 0 Å². The molecule has 13 heavy (non-hydrogen) atoms. The van der Waals surface area contributed by atoms with Crippen molar-refractivity contribution in [1.82, 2.24) is 0 Å². The van der Waals surface area contributed by atoms with Crippen LogP contribution < -0.4 is 5.73 Å². The first kappa shape index (κ1) is 10.5. The molecule has 0 amide bonds. The van der Waals surface area contributed by atoms with Crippen molar-refractivity contribution in [2.24, 2.45) is 17.6 Å². The number of nitrogens with two attached hydrogens (primary N) is 1. The maximum absolute atomic E-state index is 11.1. The Morgan fingerprint density at radius 2 is 1.92 bits per heavy atom. The second kappa shape index (κ2) is 4.61. The quantitative estimate of drug-likeness (QED) is 0.660. The van der Waals surface area contributed by atoms with E-state index in [1.807, 2.05) is 0 Å². The maximum Gasteiger partial charge on any atom is 0.322 e. The van der Waals surface area contributed by atoms with Crippen LogP contribution in [0.15, 0.2) is 0 Å². The topological polar surface area (TPSA) is 52.3 Å². The van der Waals surface area contributed by atoms with Crippen molar-refractivity contribution < 1.29 is 9.53 Å². The van der Waals surface area contributed by atoms with Crippen LogP contribution in [0.5, 0.6) is 0 Å². The van der Waals surface area contributed by atoms with Gasteiger partial charge >= 0.3 is 5.97 Å². The van der Waals surface area contributed by atoms with Crippen molar-refractivity contribution in [3.63, 3.8) is 0 Å². The summed E-state index contributed by atoms with van der Waals surface area (Å²) in [5.74, 6) is 0.865. The highest BCUT2D eigenvalue weighted by Gasteiger charge is 2.28. The third kappa shape index (κ3) is 2.69. The van der Waals surface area contributed by atoms with Crippen LogP contribution in [0.3, 0.4) is 0 Å². The monoisotopic (exact) mass is 185 g/mol. The fourth-order valence-corrected chi connectivity index (χ4v) is 1.97. The van der Waals surface area contributed by atoms with Gasteiger partial charge in [0.05, 0.1) is 7.11 Å². The number of hydrogen-bond donors (Lipinski definition) is 1. The molecule has 1 aliphatic carbocycles. The van der Waals surface area contributed by atoms with Crippen LogP contribution in [-0.4, -0.2) is 19.1 Å². The summed E-state index contributed by atoms with van der Waals surface area (Å²) in [6, 6.07) is -0.405. The van der Waals surface area contributed by atoms with Gasteiger partial charge in [-0.25, -0.2) is 0 Å². The highest BCUT2D eigenvalue weighted by Crippen LogP contribution is 2.29. The average Bonchev–Trinajstić information content (AvgIpc) is 2.17. The molecule has 3 heteroatoms. The Morgan fingerprint density at radius 3 is 2.38 bits per heavy atom. The van der Waals surface area contributed by atoms with E-state index >= 15 is 0 Å². The summed E-state index contributed by atoms with van der Waals surface area (Å²) in [6.45, 7) is 2.25. The van der Waals surface area contributed by atoms with E-state index in [1.54, 1.807) is 0 Å². The van der Waals surface area contributed by atoms with E-state index < -0.39 is 6.04 Å². The summed E-state index contributed by atoms with van der Waals surface area (Å²) >= 11 is 0. The molecule has 0 aromatic rings. The molecule has 1 saturated carbocycles. The highest BCUT2D eigenvalue weighted by atomic mass is 16.5. The van der Waals surface area contributed by atoms with Gasteiger partial charge in [-0.15, -0.1) is 0 Å². The molecular formula is C10H19NO2. The number of carbonyl (C=O) groups is 1. The third-order valence-electron chi connectivity index (χ3n) is 3.04. The van der Waals surface area contributed by atoms with Gasteiger partial charge in [-0.1, -0.05) is 19.8 Å². The summed E-state index contributed by atoms with van der Waals surface area (Å²) in [4.78, 5) is 11.1. The lowest BCUT2D eigenvalue weighted by atomic mass is 9.79. The van der Waals surface area contributed by atoms with Crippen LogP contribution in [0.1, 0.15) is 32.6 Å². The Kier molecular flexibility index (Phi) is 3.72. The molecule has 1 aliphatic rings. The van der Waals surface area contributed by atoms with E-state index in [1.165, 1.54) is 20.0 Å². The summed E-state index contributed by atoms with van der Waals surface area (Å²) < 4.78 is 4.63. The van der Waals surface area contributed by atoms with E-state index in [0.717, 1.165) is 18.8 Å². The SMILES string of the molecule is COC(=O)C(N)C1CCC(C)CC1. The first-order valence-corrected chi connectivity index (χ1v) is 4.98. The first-order valence-electron chi connectivity index (χ1n) is 4.98. The number of hydrogen-bond acceptors (Lipinski definition) is 3. The molecule has 1 unspecified atom stereocenters. The van der Waals surface area contributed by atoms with E-state index in [2.05, 4.69) is 11.7 Å². The number of esters is 1. The summed E-state index contributed by atoms with van der Waals surface area (Å²) in [5, 5.41) is 0. The number of carbonyl (C=O) groups excluding carboxylic acids is 1. The summed E-state index contributed by atoms with van der Waals surface area (Å²) in [6.07, 6.45) is 4.51. The molecule has 0 aromatic heterocycles. The van der Waals surface area contributed by atoms with Crippen molar-refractivity contribution >= 4 is 5.97 Å². The Balaban J connectivity index is 2.39. The second-order valence-corrected chi connectivity index (χ2v) is 4.07. The molecule has 2 N–H and O–H groups in total. The maximum atomic E-state index is 11.1. The fraction of sp³-hybridized carbons (Fsp3) is 0.900. The molecule has 0 bridgehead atoms. The van der Waals surface area contributed by atoms with Gasteiger partial charge in [-0.05, 0) is 24.7 Å². The molecule has 1 fully saturated rings. The van der Waals surface area contributed by atoms with Crippen LogP contribution in [-0.2, 0) is 9.53 Å². The molecular weight excluding hydrogens is 166 g/mol. The molecule has 0 aliphatic heterocycles. The lowest BCUT2D eigenvalue weighted by molar-refractivity contribution is -0.143. The Hall–Kier alpha value is -0.570. The van der Waals surface area contributed by atoms with Crippen LogP contribution in [0, 0.1) is 11.8 Å². The van der Waals surface area contributed by atoms with Gasteiger partial charge in [0.2, 0.25) is 0 Å². The van der Waals surface area contributed by atoms with Crippen molar-refractivity contribution in [2.75, 3.05) is 7.11 Å². The van der Waals surface area contributed by atoms with Gasteiger partial charge in [0.15, 0.2) is 0 Å². The van der Waals surface area contributed by atoms with Crippen molar-refractivity contribution in [2.45, 2.75) is 38.6 Å². The Morgan fingerprint density at radius 1 is 1.38 bits per heavy atom. The molecule has 1 atom stereocenters. The summed E-state index contributed by atoms with van der Waals surface area (Å²) in [7, 11) is 1.40. The van der Waals surface area contributed by atoms with Gasteiger partial charge in [-0.2, -0.15) is 0 Å². The normalized spacial score (nSPS) is 31.0. The lowest BCUT2D eigenvalue weighted by Gasteiger charge is -2.28. The fourth-order valence-electron chi connectivity index (χ4n) is 1.97. The third-order valence-corrected chi connectivity index (χ3v) is 3.04. The predicted molar refractivity (Wildman–Crippen MR) is 51.1 cm³/mol. The van der Waals surface area contributed by atoms with Crippen molar-refractivity contribution in [1.29, 1.82) is 0 Å². The molecule has 0 saturated heterocycles. The largest absolute Gasteiger partial charge is 0.468 e. The number of ether oxygens (including phenoxy) is 1. The van der Waals surface area contributed by atoms with E-state index in [-0.39, 0.29) is 5.97 Å². The van der Waals surface area contributed by atoms with E-state index in [4.69, 9.17) is 5.73 Å². The molecule has 0 radical (unpaired) electrons. The first-order chi connectivity index (χ1) is 6.15. The Labute approximate surface area is 79.6 Å². The van der Waals surface area contributed by atoms with Crippen LogP contribution in [0.25, 0.3) is 0 Å². The van der Waals surface area contributed by atoms with Crippen LogP contribution in [0.4, 0.5) is 0 Å². The molecule has 3 nitrogen and oxygen atoms in total. The smallest absolute Gasteiger partial charge is 0.322 e. The summed E-state index contributed by atoms with van der Waals surface area (Å²) in [5.41, 5.74) is 5.77. The molecule has 76 valence electrons. The van der Waals surface area contributed by atoms with Gasteiger partial charge < -0.3 is 10.5 Å². The standard InChI is InChI=1S/C10H19NO2/c1-7-3-5-8(6-4-7)9(11)10(12)13-2/h7-9H,3-6,11H2,1-2H3. The second-order valence-electron chi connectivity index (χ2n) is 4.07. The minimum absolute atomic E-state index is 0.264. The van der Waals surface area contributed by atoms with Gasteiger partial charge in [0.1, 0.15) is 6.04 Å². The van der Waals surface area contributed by atoms with Crippen LogP contribution in [0.2, 0.25) is 0 Å². The van der Waals surface area contributed by atoms with Gasteiger partial charge in [-0.3, -0.25) is 4.79 Å². The number of methoxy groups -OCH3 is 1. The molecule has 1 rings (SSSR count). The van der Waals surface area contributed by atoms with Gasteiger partial charge in [0, 0.05) is 0 Å². The molecule has 0 spiro atoms. The average molecular weight is 185 g/mol. The van der Waals surface area contributed by atoms with Gasteiger partial charge in [0.25, 0.3) is 0 Å². The predicted octanol–water partition coefficient (Wildman–Crippen LogP) is 1.31. The van der Waals surface area contributed by atoms with Crippen molar-refractivity contribution in [3.05, 3.63) is 0 Å². The zero-order valence-corrected chi connectivity index (χ0v) is 8.45. The molecule has 0 aromatic carbocycles. The molecule has 0 heterocycles. The highest BCUT2D eigenvalue weighted by molar-refractivity contribution is 5.75. The minimum Gasteiger partial charge on any atom is -0.468 e. The van der Waals surface area contributed by atoms with Crippen LogP contribution >= 0.6 is 0 Å². The minimum atomic E-state index is -0.405. The van der Waals surface area contributed by atoms with E-state index in [0.29, 0.717) is 5.92 Å². The van der Waals surface area contributed by atoms with E-state index in [9.17, 15) is 4.79 Å². The zero-order valence-electron chi connectivity index (χ0n) is 8.45. The lowest BCUT2D eigenvalue weighted by Crippen LogP contribution is -2.40. The number of rotatable bonds is 2. The Bertz CT molecular complexity index is 174. The zero-order chi connectivity index (χ0) is 9.84.